The summed E-state index contributed by atoms with van der Waals surface area (Å²) in [5, 5.41) is 49.6. The Labute approximate surface area is 261 Å². The molecule has 0 saturated heterocycles. The highest BCUT2D eigenvalue weighted by molar-refractivity contribution is 8.76. The fourth-order valence-electron chi connectivity index (χ4n) is 3.73. The van der Waals surface area contributed by atoms with Gasteiger partial charge in [0, 0.05) is 29.4 Å². The van der Waals surface area contributed by atoms with E-state index >= 15 is 0 Å². The average molecular weight is 646 g/mol. The number of carbonyl (C=O) groups is 4. The monoisotopic (exact) mass is 645 g/mol. The second-order valence-electron chi connectivity index (χ2n) is 12.2. The first-order chi connectivity index (χ1) is 19.8. The Kier molecular flexibility index (Phi) is 16.1. The molecule has 0 spiro atoms. The predicted octanol–water partition coefficient (Wildman–Crippen LogP) is -0.106. The Hall–Kier alpha value is -2.27. The number of aromatic nitrogens is 1. The van der Waals surface area contributed by atoms with Crippen molar-refractivity contribution in [3.63, 3.8) is 0 Å². The van der Waals surface area contributed by atoms with Gasteiger partial charge in [0.15, 0.2) is 11.9 Å². The molecular weight excluding hydrogens is 598 g/mol. The van der Waals surface area contributed by atoms with Gasteiger partial charge < -0.3 is 42.1 Å². The fourth-order valence-corrected chi connectivity index (χ4v) is 5.82. The number of primary amides is 1. The van der Waals surface area contributed by atoms with Crippen LogP contribution in [0.15, 0.2) is 29.4 Å². The second kappa shape index (κ2) is 17.9. The van der Waals surface area contributed by atoms with Crippen LogP contribution in [0.25, 0.3) is 0 Å². The summed E-state index contributed by atoms with van der Waals surface area (Å²) in [6, 6.07) is 3.89. The molecule has 43 heavy (non-hydrogen) atoms. The molecule has 1 aromatic heterocycles. The molecule has 1 unspecified atom stereocenters. The number of rotatable bonds is 18. The van der Waals surface area contributed by atoms with E-state index < -0.39 is 71.0 Å². The minimum atomic E-state index is -2.09. The lowest BCUT2D eigenvalue weighted by Crippen LogP contribution is -2.56. The van der Waals surface area contributed by atoms with Crippen LogP contribution >= 0.6 is 21.6 Å². The molecule has 1 heterocycles. The number of ketones is 1. The number of unbranched alkanes of at least 4 members (excludes halogenated alkanes) is 1. The van der Waals surface area contributed by atoms with Crippen LogP contribution in [0.5, 0.6) is 0 Å². The third-order valence-corrected chi connectivity index (χ3v) is 8.37. The lowest BCUT2D eigenvalue weighted by Gasteiger charge is -2.29. The number of nitrogens with two attached hydrogens (primary N) is 1. The van der Waals surface area contributed by atoms with Crippen molar-refractivity contribution >= 4 is 45.1 Å². The molecule has 1 aromatic rings. The lowest BCUT2D eigenvalue weighted by molar-refractivity contribution is -0.158. The zero-order valence-electron chi connectivity index (χ0n) is 25.6. The number of nitrogens with zero attached hydrogens (tertiary/aromatic N) is 1. The van der Waals surface area contributed by atoms with E-state index in [9.17, 15) is 39.6 Å². The molecule has 13 nitrogen and oxygen atoms in total. The summed E-state index contributed by atoms with van der Waals surface area (Å²) >= 11 is 0. The van der Waals surface area contributed by atoms with Crippen LogP contribution in [0.3, 0.4) is 0 Å². The first-order valence-corrected chi connectivity index (χ1v) is 16.3. The average Bonchev–Trinajstić information content (AvgIpc) is 2.92. The minimum absolute atomic E-state index is 0.0807. The highest BCUT2D eigenvalue weighted by Gasteiger charge is 2.40. The summed E-state index contributed by atoms with van der Waals surface area (Å²) in [5.41, 5.74) is 4.10. The molecule has 0 aromatic carbocycles. The summed E-state index contributed by atoms with van der Waals surface area (Å²) < 4.78 is 0. The maximum absolute atomic E-state index is 13.1. The van der Waals surface area contributed by atoms with Crippen molar-refractivity contribution in [2.75, 3.05) is 12.3 Å². The largest absolute Gasteiger partial charge is 0.387 e. The number of aliphatic hydroxyl groups is 4. The van der Waals surface area contributed by atoms with Crippen molar-refractivity contribution in [3.8, 4) is 0 Å². The summed E-state index contributed by atoms with van der Waals surface area (Å²) in [5.74, 6) is -2.57. The topological polar surface area (TPSA) is 224 Å². The highest BCUT2D eigenvalue weighted by Crippen LogP contribution is 2.29. The van der Waals surface area contributed by atoms with Crippen LogP contribution in [0, 0.1) is 5.41 Å². The van der Waals surface area contributed by atoms with Crippen molar-refractivity contribution in [1.29, 1.82) is 0 Å². The predicted molar refractivity (Wildman–Crippen MR) is 166 cm³/mol. The van der Waals surface area contributed by atoms with Gasteiger partial charge in [-0.15, -0.1) is 0 Å². The van der Waals surface area contributed by atoms with Gasteiger partial charge in [-0.2, -0.15) is 0 Å². The van der Waals surface area contributed by atoms with Crippen LogP contribution in [0.2, 0.25) is 0 Å². The third kappa shape index (κ3) is 14.4. The molecule has 15 heteroatoms. The van der Waals surface area contributed by atoms with Gasteiger partial charge in [0.2, 0.25) is 11.8 Å². The number of nitrogens with one attached hydrogen (secondary N) is 3. The number of Topliss-reactive ketones (excluding diaryl/α,β-unsaturated/α-hetero) is 1. The van der Waals surface area contributed by atoms with Crippen LogP contribution in [-0.4, -0.2) is 103 Å². The summed E-state index contributed by atoms with van der Waals surface area (Å²) in [4.78, 5) is 53.8. The zero-order valence-corrected chi connectivity index (χ0v) is 27.2. The van der Waals surface area contributed by atoms with Crippen LogP contribution < -0.4 is 21.7 Å². The molecule has 0 aliphatic carbocycles. The molecule has 9 N–H and O–H groups in total. The normalized spacial score (nSPS) is 16.3. The lowest BCUT2D eigenvalue weighted by atomic mass is 9.84. The van der Waals surface area contributed by atoms with Crippen molar-refractivity contribution in [1.82, 2.24) is 20.9 Å². The van der Waals surface area contributed by atoms with E-state index in [0.29, 0.717) is 19.3 Å². The van der Waals surface area contributed by atoms with Crippen molar-refractivity contribution < 1.29 is 39.6 Å². The van der Waals surface area contributed by atoms with Crippen molar-refractivity contribution in [2.45, 2.75) is 108 Å². The molecule has 0 aliphatic rings. The first-order valence-electron chi connectivity index (χ1n) is 14.0. The molecule has 6 atom stereocenters. The summed E-state index contributed by atoms with van der Waals surface area (Å²) in [7, 11) is 2.70. The molecule has 0 saturated carbocycles. The maximum atomic E-state index is 13.1. The fraction of sp³-hybridized carbons (Fsp3) is 0.679. The van der Waals surface area contributed by atoms with E-state index in [4.69, 9.17) is 5.73 Å². The molecule has 3 amide bonds. The van der Waals surface area contributed by atoms with E-state index in [1.807, 2.05) is 32.9 Å². The van der Waals surface area contributed by atoms with E-state index in [0.717, 1.165) is 5.03 Å². The summed E-state index contributed by atoms with van der Waals surface area (Å²) in [6.07, 6.45) is -5.35. The van der Waals surface area contributed by atoms with Gasteiger partial charge in [0.25, 0.3) is 5.91 Å². The van der Waals surface area contributed by atoms with E-state index in [1.54, 1.807) is 12.3 Å². The van der Waals surface area contributed by atoms with Gasteiger partial charge in [-0.3, -0.25) is 19.2 Å². The van der Waals surface area contributed by atoms with Gasteiger partial charge in [-0.05, 0) is 63.0 Å². The quantitative estimate of drug-likeness (QED) is 0.0774. The Morgan fingerprint density at radius 3 is 2.07 bits per heavy atom. The van der Waals surface area contributed by atoms with Crippen LogP contribution in [0.4, 0.5) is 0 Å². The SMILES string of the molecule is CC(C)(C)NC(CCCCNC(=O)[C@@H](O)[C@H](O)[C@H](O)[C@@H](O)C(=O)C(C)(C)C)C(=O)N[C@@H](CSSc1ccccn1)C(N)=O. The Morgan fingerprint density at radius 1 is 0.907 bits per heavy atom. The third-order valence-electron chi connectivity index (χ3n) is 6.09. The highest BCUT2D eigenvalue weighted by atomic mass is 33.1. The van der Waals surface area contributed by atoms with Gasteiger partial charge >= 0.3 is 0 Å². The first kappa shape index (κ1) is 38.8. The number of aliphatic hydroxyl groups excluding tert-OH is 4. The Balaban J connectivity index is 2.62. The number of hydrogen-bond donors (Lipinski definition) is 8. The van der Waals surface area contributed by atoms with Crippen molar-refractivity contribution in [2.24, 2.45) is 11.1 Å². The van der Waals surface area contributed by atoms with E-state index in [1.165, 1.54) is 42.4 Å². The van der Waals surface area contributed by atoms with E-state index in [2.05, 4.69) is 20.9 Å². The second-order valence-corrected chi connectivity index (χ2v) is 14.6. The van der Waals surface area contributed by atoms with Gasteiger partial charge in [0.05, 0.1) is 6.04 Å². The molecule has 0 aliphatic heterocycles. The standard InChI is InChI=1S/C28H47N5O8S2/c1-27(2,3)23(38)21(36)19(34)20(35)22(37)26(41)31-14-9-7-11-16(33-28(4,5)6)25(40)32-17(24(29)39)15-42-43-18-12-8-10-13-30-18/h8,10,12-13,16-17,19-22,33-37H,7,9,11,14-15H2,1-6H3,(H2,29,39)(H,31,41)(H,32,40)/t16?,17-,19-,20+,21+,22-/m0/s1. The molecule has 0 fully saturated rings. The molecule has 0 radical (unpaired) electrons. The van der Waals surface area contributed by atoms with Crippen LogP contribution in [0.1, 0.15) is 60.8 Å². The van der Waals surface area contributed by atoms with Crippen LogP contribution in [-0.2, 0) is 19.2 Å². The molecular formula is C28H47N5O8S2. The molecule has 1 rings (SSSR count). The Morgan fingerprint density at radius 2 is 1.53 bits per heavy atom. The number of amides is 3. The van der Waals surface area contributed by atoms with E-state index in [-0.39, 0.29) is 12.3 Å². The smallest absolute Gasteiger partial charge is 0.251 e. The zero-order chi connectivity index (χ0) is 33.0. The summed E-state index contributed by atoms with van der Waals surface area (Å²) in [6.45, 7) is 10.3. The van der Waals surface area contributed by atoms with Gasteiger partial charge in [-0.1, -0.05) is 37.6 Å². The number of hydrogen-bond acceptors (Lipinski definition) is 12. The Bertz CT molecular complexity index is 1050. The minimum Gasteiger partial charge on any atom is -0.387 e. The van der Waals surface area contributed by atoms with Gasteiger partial charge in [0.1, 0.15) is 29.4 Å². The number of pyridine rings is 1. The molecule has 0 bridgehead atoms. The maximum Gasteiger partial charge on any atom is 0.251 e. The van der Waals surface area contributed by atoms with Gasteiger partial charge in [-0.25, -0.2) is 4.98 Å². The number of carbonyl (C=O) groups excluding carboxylic acids is 4. The molecule has 244 valence electrons. The van der Waals surface area contributed by atoms with Crippen molar-refractivity contribution in [3.05, 3.63) is 24.4 Å².